The van der Waals surface area contributed by atoms with Gasteiger partial charge in [-0.25, -0.2) is 0 Å². The van der Waals surface area contributed by atoms with Crippen LogP contribution in [0.3, 0.4) is 0 Å². The van der Waals surface area contributed by atoms with Crippen LogP contribution in [0.4, 0.5) is 0 Å². The molecule has 4 heteroatoms. The van der Waals surface area contributed by atoms with Crippen molar-refractivity contribution in [2.45, 2.75) is 25.8 Å². The van der Waals surface area contributed by atoms with Crippen molar-refractivity contribution in [2.75, 3.05) is 13.7 Å². The molecule has 1 aromatic rings. The smallest absolute Gasteiger partial charge is 0.123 e. The summed E-state index contributed by atoms with van der Waals surface area (Å²) in [6, 6.07) is 3.73. The Bertz CT molecular complexity index is 355. The van der Waals surface area contributed by atoms with Gasteiger partial charge >= 0.3 is 0 Å². The number of methoxy groups -OCH3 is 1. The molecule has 1 atom stereocenters. The molecule has 0 aliphatic heterocycles. The highest BCUT2D eigenvalue weighted by atomic mass is 35.5. The first-order valence-corrected chi connectivity index (χ1v) is 5.77. The van der Waals surface area contributed by atoms with E-state index in [1.54, 1.807) is 7.11 Å². The lowest BCUT2D eigenvalue weighted by Crippen LogP contribution is -2.13. The van der Waals surface area contributed by atoms with Gasteiger partial charge in [-0.2, -0.15) is 0 Å². The van der Waals surface area contributed by atoms with Gasteiger partial charge in [-0.1, -0.05) is 11.6 Å². The van der Waals surface area contributed by atoms with Gasteiger partial charge in [0.2, 0.25) is 0 Å². The van der Waals surface area contributed by atoms with E-state index in [2.05, 4.69) is 0 Å². The second-order valence-corrected chi connectivity index (χ2v) is 4.29. The third-order valence-corrected chi connectivity index (χ3v) is 3.04. The molecule has 1 rings (SSSR count). The Labute approximate surface area is 102 Å². The Kier molecular flexibility index (Phi) is 5.06. The molecule has 90 valence electrons. The number of hydrogen-bond donors (Lipinski definition) is 2. The van der Waals surface area contributed by atoms with Gasteiger partial charge in [0.15, 0.2) is 0 Å². The average molecular weight is 243 g/mol. The van der Waals surface area contributed by atoms with E-state index in [1.165, 1.54) is 0 Å². The first-order valence-electron chi connectivity index (χ1n) is 5.39. The van der Waals surface area contributed by atoms with Crippen molar-refractivity contribution in [3.63, 3.8) is 0 Å². The summed E-state index contributed by atoms with van der Waals surface area (Å²) in [5.41, 5.74) is 13.5. The number of halogens is 1. The fourth-order valence-corrected chi connectivity index (χ4v) is 1.80. The van der Waals surface area contributed by atoms with Crippen LogP contribution in [0.5, 0.6) is 5.75 Å². The summed E-state index contributed by atoms with van der Waals surface area (Å²) in [7, 11) is 1.64. The van der Waals surface area contributed by atoms with Crippen molar-refractivity contribution in [2.24, 2.45) is 11.5 Å². The molecular weight excluding hydrogens is 224 g/mol. The Balaban J connectivity index is 2.96. The summed E-state index contributed by atoms with van der Waals surface area (Å²) in [6.45, 7) is 2.59. The van der Waals surface area contributed by atoms with Crippen molar-refractivity contribution >= 4 is 11.6 Å². The molecule has 0 aromatic heterocycles. The Morgan fingerprint density at radius 3 is 2.69 bits per heavy atom. The fraction of sp³-hybridized carbons (Fsp3) is 0.500. The molecule has 0 saturated heterocycles. The second kappa shape index (κ2) is 6.09. The highest BCUT2D eigenvalue weighted by Gasteiger charge is 2.13. The standard InChI is InChI=1S/C12H19ClN2O/c1-8-6-12(16-2)9(7-10(8)13)11(15)4-3-5-14/h6-7,11H,3-5,14-15H2,1-2H3. The number of hydrogen-bond acceptors (Lipinski definition) is 3. The van der Waals surface area contributed by atoms with Crippen LogP contribution in [-0.4, -0.2) is 13.7 Å². The minimum absolute atomic E-state index is 0.0726. The molecule has 3 nitrogen and oxygen atoms in total. The van der Waals surface area contributed by atoms with Gasteiger partial charge in [-0.3, -0.25) is 0 Å². The maximum absolute atomic E-state index is 6.09. The molecule has 4 N–H and O–H groups in total. The number of ether oxygens (including phenoxy) is 1. The van der Waals surface area contributed by atoms with E-state index in [9.17, 15) is 0 Å². The average Bonchev–Trinajstić information content (AvgIpc) is 2.28. The quantitative estimate of drug-likeness (QED) is 0.834. The van der Waals surface area contributed by atoms with Crippen LogP contribution in [0.25, 0.3) is 0 Å². The molecule has 0 spiro atoms. The van der Waals surface area contributed by atoms with E-state index in [0.29, 0.717) is 6.54 Å². The summed E-state index contributed by atoms with van der Waals surface area (Å²) in [5.74, 6) is 0.798. The number of benzene rings is 1. The van der Waals surface area contributed by atoms with Crippen LogP contribution >= 0.6 is 11.6 Å². The Morgan fingerprint density at radius 2 is 2.12 bits per heavy atom. The van der Waals surface area contributed by atoms with Gasteiger partial charge in [0.05, 0.1) is 7.11 Å². The number of rotatable bonds is 5. The lowest BCUT2D eigenvalue weighted by molar-refractivity contribution is 0.403. The summed E-state index contributed by atoms with van der Waals surface area (Å²) < 4.78 is 5.31. The van der Waals surface area contributed by atoms with Crippen molar-refractivity contribution in [1.82, 2.24) is 0 Å². The largest absolute Gasteiger partial charge is 0.496 e. The number of nitrogens with two attached hydrogens (primary N) is 2. The van der Waals surface area contributed by atoms with Crippen LogP contribution in [0, 0.1) is 6.92 Å². The molecule has 0 aliphatic carbocycles. The van der Waals surface area contributed by atoms with Gasteiger partial charge < -0.3 is 16.2 Å². The molecule has 0 heterocycles. The predicted molar refractivity (Wildman–Crippen MR) is 68.0 cm³/mol. The van der Waals surface area contributed by atoms with Gasteiger partial charge in [-0.05, 0) is 44.0 Å². The van der Waals surface area contributed by atoms with E-state index < -0.39 is 0 Å². The summed E-state index contributed by atoms with van der Waals surface area (Å²) in [4.78, 5) is 0. The lowest BCUT2D eigenvalue weighted by Gasteiger charge is -2.16. The summed E-state index contributed by atoms with van der Waals surface area (Å²) in [5, 5.41) is 0.721. The molecule has 1 unspecified atom stereocenters. The minimum Gasteiger partial charge on any atom is -0.496 e. The van der Waals surface area contributed by atoms with Gasteiger partial charge in [-0.15, -0.1) is 0 Å². The van der Waals surface area contributed by atoms with Crippen molar-refractivity contribution in [3.8, 4) is 5.75 Å². The first-order chi connectivity index (χ1) is 7.60. The topological polar surface area (TPSA) is 61.3 Å². The second-order valence-electron chi connectivity index (χ2n) is 3.88. The normalized spacial score (nSPS) is 12.6. The predicted octanol–water partition coefficient (Wildman–Crippen LogP) is 2.40. The van der Waals surface area contributed by atoms with Crippen LogP contribution < -0.4 is 16.2 Å². The lowest BCUT2D eigenvalue weighted by atomic mass is 10.0. The minimum atomic E-state index is -0.0726. The van der Waals surface area contributed by atoms with Gasteiger partial charge in [0.25, 0.3) is 0 Å². The molecule has 0 amide bonds. The van der Waals surface area contributed by atoms with Crippen molar-refractivity contribution in [3.05, 3.63) is 28.3 Å². The first kappa shape index (κ1) is 13.3. The van der Waals surface area contributed by atoms with E-state index in [0.717, 1.165) is 34.7 Å². The Morgan fingerprint density at radius 1 is 1.44 bits per heavy atom. The molecule has 0 radical (unpaired) electrons. The molecule has 16 heavy (non-hydrogen) atoms. The third kappa shape index (κ3) is 3.11. The van der Waals surface area contributed by atoms with Gasteiger partial charge in [0, 0.05) is 16.6 Å². The van der Waals surface area contributed by atoms with Crippen LogP contribution in [-0.2, 0) is 0 Å². The van der Waals surface area contributed by atoms with Gasteiger partial charge in [0.1, 0.15) is 5.75 Å². The van der Waals surface area contributed by atoms with E-state index in [1.807, 2.05) is 19.1 Å². The number of aryl methyl sites for hydroxylation is 1. The third-order valence-electron chi connectivity index (χ3n) is 2.63. The summed E-state index contributed by atoms with van der Waals surface area (Å²) in [6.07, 6.45) is 1.74. The molecular formula is C12H19ClN2O. The zero-order valence-corrected chi connectivity index (χ0v) is 10.6. The monoisotopic (exact) mass is 242 g/mol. The van der Waals surface area contributed by atoms with Crippen LogP contribution in [0.15, 0.2) is 12.1 Å². The molecule has 1 aromatic carbocycles. The highest BCUT2D eigenvalue weighted by Crippen LogP contribution is 2.31. The molecule has 0 saturated carbocycles. The maximum atomic E-state index is 6.09. The molecule has 0 aliphatic rings. The SMILES string of the molecule is COc1cc(C)c(Cl)cc1C(N)CCCN. The van der Waals surface area contributed by atoms with Crippen molar-refractivity contribution in [1.29, 1.82) is 0 Å². The van der Waals surface area contributed by atoms with Crippen LogP contribution in [0.2, 0.25) is 5.02 Å². The zero-order chi connectivity index (χ0) is 12.1. The highest BCUT2D eigenvalue weighted by molar-refractivity contribution is 6.31. The molecule has 0 fully saturated rings. The van der Waals surface area contributed by atoms with E-state index in [4.69, 9.17) is 27.8 Å². The maximum Gasteiger partial charge on any atom is 0.123 e. The van der Waals surface area contributed by atoms with Crippen LogP contribution in [0.1, 0.15) is 30.0 Å². The fourth-order valence-electron chi connectivity index (χ4n) is 1.63. The summed E-state index contributed by atoms with van der Waals surface area (Å²) >= 11 is 6.09. The van der Waals surface area contributed by atoms with Crippen molar-refractivity contribution < 1.29 is 4.74 Å². The zero-order valence-electron chi connectivity index (χ0n) is 9.79. The Hall–Kier alpha value is -0.770. The van der Waals surface area contributed by atoms with E-state index in [-0.39, 0.29) is 6.04 Å². The van der Waals surface area contributed by atoms with E-state index >= 15 is 0 Å². The molecule has 0 bridgehead atoms.